The van der Waals surface area contributed by atoms with Crippen molar-refractivity contribution in [2.45, 2.75) is 44.9 Å². The van der Waals surface area contributed by atoms with E-state index in [1.807, 2.05) is 6.07 Å². The SMILES string of the molecule is C#CC1CCC2C3CC(=O)c4cc(O)ccc4C3CCC12C. The summed E-state index contributed by atoms with van der Waals surface area (Å²) >= 11 is 0. The minimum Gasteiger partial charge on any atom is -0.508 e. The Morgan fingerprint density at radius 3 is 2.91 bits per heavy atom. The lowest BCUT2D eigenvalue weighted by Crippen LogP contribution is -2.43. The van der Waals surface area contributed by atoms with E-state index in [1.54, 1.807) is 12.1 Å². The predicted molar refractivity (Wildman–Crippen MR) is 85.7 cm³/mol. The van der Waals surface area contributed by atoms with E-state index in [9.17, 15) is 9.90 Å². The van der Waals surface area contributed by atoms with Gasteiger partial charge in [0.05, 0.1) is 0 Å². The van der Waals surface area contributed by atoms with Gasteiger partial charge in [0.1, 0.15) is 5.75 Å². The molecule has 0 amide bonds. The van der Waals surface area contributed by atoms with Gasteiger partial charge in [0.2, 0.25) is 0 Å². The van der Waals surface area contributed by atoms with Crippen molar-refractivity contribution < 1.29 is 9.90 Å². The first kappa shape index (κ1) is 13.9. The van der Waals surface area contributed by atoms with Crippen molar-refractivity contribution in [2.24, 2.45) is 23.2 Å². The number of hydrogen-bond acceptors (Lipinski definition) is 2. The molecular weight excluding hydrogens is 272 g/mol. The Bertz CT molecular complexity index is 683. The van der Waals surface area contributed by atoms with Crippen molar-refractivity contribution >= 4 is 5.78 Å². The summed E-state index contributed by atoms with van der Waals surface area (Å²) in [6.07, 6.45) is 10.9. The highest BCUT2D eigenvalue weighted by molar-refractivity contribution is 5.99. The molecule has 1 N–H and O–H groups in total. The van der Waals surface area contributed by atoms with E-state index >= 15 is 0 Å². The fraction of sp³-hybridized carbons (Fsp3) is 0.550. The molecule has 0 radical (unpaired) electrons. The summed E-state index contributed by atoms with van der Waals surface area (Å²) in [5.41, 5.74) is 2.12. The average Bonchev–Trinajstić information content (AvgIpc) is 2.84. The zero-order valence-corrected chi connectivity index (χ0v) is 13.0. The van der Waals surface area contributed by atoms with Crippen LogP contribution in [0.15, 0.2) is 18.2 Å². The summed E-state index contributed by atoms with van der Waals surface area (Å²) in [6.45, 7) is 2.35. The highest BCUT2D eigenvalue weighted by Crippen LogP contribution is 2.62. The molecule has 5 unspecified atom stereocenters. The van der Waals surface area contributed by atoms with Crippen molar-refractivity contribution in [3.63, 3.8) is 0 Å². The van der Waals surface area contributed by atoms with E-state index in [4.69, 9.17) is 6.42 Å². The first-order valence-corrected chi connectivity index (χ1v) is 8.37. The van der Waals surface area contributed by atoms with E-state index in [2.05, 4.69) is 12.8 Å². The molecule has 22 heavy (non-hydrogen) atoms. The van der Waals surface area contributed by atoms with E-state index in [0.717, 1.165) is 36.8 Å². The minimum absolute atomic E-state index is 0.194. The number of Topliss-reactive ketones (excluding diaryl/α,β-unsaturated/α-hetero) is 1. The van der Waals surface area contributed by atoms with Gasteiger partial charge < -0.3 is 5.11 Å². The molecule has 0 saturated heterocycles. The van der Waals surface area contributed by atoms with Crippen LogP contribution in [-0.2, 0) is 0 Å². The van der Waals surface area contributed by atoms with Crippen LogP contribution >= 0.6 is 0 Å². The number of benzene rings is 1. The summed E-state index contributed by atoms with van der Waals surface area (Å²) < 4.78 is 0. The Balaban J connectivity index is 1.76. The molecule has 114 valence electrons. The Morgan fingerprint density at radius 1 is 1.32 bits per heavy atom. The molecule has 2 saturated carbocycles. The Hall–Kier alpha value is -1.75. The first-order valence-electron chi connectivity index (χ1n) is 8.37. The van der Waals surface area contributed by atoms with Gasteiger partial charge in [-0.05, 0) is 66.5 Å². The Morgan fingerprint density at radius 2 is 2.14 bits per heavy atom. The molecule has 0 aromatic heterocycles. The first-order chi connectivity index (χ1) is 10.5. The number of fused-ring (bicyclic) bond motifs is 5. The molecule has 0 heterocycles. The van der Waals surface area contributed by atoms with Crippen molar-refractivity contribution in [3.05, 3.63) is 29.3 Å². The fourth-order valence-electron chi connectivity index (χ4n) is 5.67. The van der Waals surface area contributed by atoms with Gasteiger partial charge in [-0.2, -0.15) is 0 Å². The summed E-state index contributed by atoms with van der Waals surface area (Å²) in [5, 5.41) is 9.69. The maximum Gasteiger partial charge on any atom is 0.163 e. The zero-order chi connectivity index (χ0) is 15.5. The maximum atomic E-state index is 12.6. The van der Waals surface area contributed by atoms with Crippen LogP contribution in [-0.4, -0.2) is 10.9 Å². The third-order valence-corrected chi connectivity index (χ3v) is 6.80. The average molecular weight is 294 g/mol. The normalized spacial score (nSPS) is 39.5. The van der Waals surface area contributed by atoms with Gasteiger partial charge in [-0.3, -0.25) is 4.79 Å². The lowest BCUT2D eigenvalue weighted by atomic mass is 9.54. The molecule has 0 spiro atoms. The maximum absolute atomic E-state index is 12.6. The van der Waals surface area contributed by atoms with Gasteiger partial charge >= 0.3 is 0 Å². The van der Waals surface area contributed by atoms with E-state index in [1.165, 1.54) is 0 Å². The van der Waals surface area contributed by atoms with Gasteiger partial charge in [0.15, 0.2) is 5.78 Å². The second-order valence-electron chi connectivity index (χ2n) is 7.62. The molecule has 0 bridgehead atoms. The van der Waals surface area contributed by atoms with Crippen molar-refractivity contribution in [2.75, 3.05) is 0 Å². The Kier molecular flexibility index (Phi) is 2.92. The summed E-state index contributed by atoms with van der Waals surface area (Å²) in [6, 6.07) is 5.34. The highest BCUT2D eigenvalue weighted by Gasteiger charge is 2.55. The summed E-state index contributed by atoms with van der Waals surface area (Å²) in [4.78, 5) is 12.6. The van der Waals surface area contributed by atoms with Crippen molar-refractivity contribution in [3.8, 4) is 18.1 Å². The van der Waals surface area contributed by atoms with E-state index < -0.39 is 0 Å². The number of terminal acetylenes is 1. The van der Waals surface area contributed by atoms with E-state index in [0.29, 0.717) is 30.1 Å². The second-order valence-corrected chi connectivity index (χ2v) is 7.62. The standard InChI is InChI=1S/C20H22O2/c1-3-12-4-7-18-16-11-19(22)17-10-13(21)5-6-14(17)15(16)8-9-20(12,18)2/h1,5-6,10,12,15-16,18,21H,4,7-9,11H2,2H3. The van der Waals surface area contributed by atoms with Gasteiger partial charge in [-0.1, -0.05) is 13.0 Å². The molecule has 1 aromatic carbocycles. The number of carbonyl (C=O) groups excluding carboxylic acids is 1. The lowest BCUT2D eigenvalue weighted by Gasteiger charge is -2.49. The topological polar surface area (TPSA) is 37.3 Å². The Labute approximate surface area is 131 Å². The number of carbonyl (C=O) groups is 1. The molecular formula is C20H22O2. The van der Waals surface area contributed by atoms with Gasteiger partial charge in [-0.15, -0.1) is 12.3 Å². The molecule has 2 fully saturated rings. The van der Waals surface area contributed by atoms with Crippen LogP contribution in [0.4, 0.5) is 0 Å². The molecule has 1 aromatic rings. The molecule has 5 atom stereocenters. The van der Waals surface area contributed by atoms with Gasteiger partial charge in [0.25, 0.3) is 0 Å². The number of phenolic OH excluding ortho intramolecular Hbond substituents is 1. The number of rotatable bonds is 0. The molecule has 3 aliphatic carbocycles. The van der Waals surface area contributed by atoms with Crippen LogP contribution in [0.5, 0.6) is 5.75 Å². The smallest absolute Gasteiger partial charge is 0.163 e. The number of hydrogen-bond donors (Lipinski definition) is 1. The molecule has 0 aliphatic heterocycles. The lowest BCUT2D eigenvalue weighted by molar-refractivity contribution is 0.0404. The number of phenols is 1. The van der Waals surface area contributed by atoms with Gasteiger partial charge in [-0.25, -0.2) is 0 Å². The van der Waals surface area contributed by atoms with Crippen LogP contribution in [0, 0.1) is 35.5 Å². The monoisotopic (exact) mass is 294 g/mol. The van der Waals surface area contributed by atoms with Crippen LogP contribution < -0.4 is 0 Å². The van der Waals surface area contributed by atoms with E-state index in [-0.39, 0.29) is 16.9 Å². The molecule has 2 heteroatoms. The third-order valence-electron chi connectivity index (χ3n) is 6.80. The van der Waals surface area contributed by atoms with Gasteiger partial charge in [0, 0.05) is 17.9 Å². The highest BCUT2D eigenvalue weighted by atomic mass is 16.3. The van der Waals surface area contributed by atoms with Crippen LogP contribution in [0.25, 0.3) is 0 Å². The largest absolute Gasteiger partial charge is 0.508 e. The summed E-state index contributed by atoms with van der Waals surface area (Å²) in [7, 11) is 0. The van der Waals surface area contributed by atoms with Crippen LogP contribution in [0.1, 0.15) is 60.9 Å². The third kappa shape index (κ3) is 1.72. The van der Waals surface area contributed by atoms with Crippen molar-refractivity contribution in [1.82, 2.24) is 0 Å². The quantitative estimate of drug-likeness (QED) is 0.730. The predicted octanol–water partition coefficient (Wildman–Crippen LogP) is 4.14. The zero-order valence-electron chi connectivity index (χ0n) is 13.0. The molecule has 2 nitrogen and oxygen atoms in total. The van der Waals surface area contributed by atoms with Crippen LogP contribution in [0.2, 0.25) is 0 Å². The van der Waals surface area contributed by atoms with Crippen molar-refractivity contribution in [1.29, 1.82) is 0 Å². The fourth-order valence-corrected chi connectivity index (χ4v) is 5.67. The second kappa shape index (κ2) is 4.62. The molecule has 3 aliphatic rings. The summed E-state index contributed by atoms with van der Waals surface area (Å²) in [5.74, 6) is 5.24. The molecule has 4 rings (SSSR count). The van der Waals surface area contributed by atoms with Crippen LogP contribution in [0.3, 0.4) is 0 Å². The number of aromatic hydroxyl groups is 1. The minimum atomic E-state index is 0.194. The number of ketones is 1.